The van der Waals surface area contributed by atoms with Crippen LogP contribution in [0.1, 0.15) is 17.7 Å². The molecule has 0 aliphatic carbocycles. The van der Waals surface area contributed by atoms with Crippen LogP contribution in [-0.4, -0.2) is 11.1 Å². The number of benzene rings is 1. The van der Waals surface area contributed by atoms with Crippen molar-refractivity contribution in [3.8, 4) is 0 Å². The number of hydrogen-bond acceptors (Lipinski definition) is 1. The zero-order valence-electron chi connectivity index (χ0n) is 10.1. The van der Waals surface area contributed by atoms with Crippen LogP contribution in [0.25, 0.3) is 10.9 Å². The van der Waals surface area contributed by atoms with Gasteiger partial charge < -0.3 is 10.3 Å². The molecule has 1 aromatic carbocycles. The summed E-state index contributed by atoms with van der Waals surface area (Å²) in [6, 6.07) is 5.89. The maximum atomic E-state index is 12.9. The summed E-state index contributed by atoms with van der Waals surface area (Å²) in [4.78, 5) is 0. The van der Waals surface area contributed by atoms with Gasteiger partial charge in [0.05, 0.1) is 5.56 Å². The Hall–Kier alpha value is -1.49. The monoisotopic (exact) mass is 256 g/mol. The third-order valence-corrected chi connectivity index (χ3v) is 3.13. The maximum Gasteiger partial charge on any atom is 0.417 e. The molecule has 1 heterocycles. The van der Waals surface area contributed by atoms with E-state index in [1.165, 1.54) is 6.07 Å². The average molecular weight is 256 g/mol. The lowest BCUT2D eigenvalue weighted by atomic mass is 10.1. The third-order valence-electron chi connectivity index (χ3n) is 3.13. The van der Waals surface area contributed by atoms with Gasteiger partial charge in [0.1, 0.15) is 0 Å². The van der Waals surface area contributed by atoms with Crippen LogP contribution in [0.2, 0.25) is 0 Å². The van der Waals surface area contributed by atoms with Gasteiger partial charge in [-0.25, -0.2) is 0 Å². The number of hydrogen-bond donors (Lipinski definition) is 1. The van der Waals surface area contributed by atoms with Crippen LogP contribution < -0.4 is 5.73 Å². The summed E-state index contributed by atoms with van der Waals surface area (Å²) < 4.78 is 40.5. The van der Waals surface area contributed by atoms with Crippen molar-refractivity contribution in [2.45, 2.75) is 19.0 Å². The molecular formula is C13H15F3N2. The predicted molar refractivity (Wildman–Crippen MR) is 65.3 cm³/mol. The predicted octanol–water partition coefficient (Wildman–Crippen LogP) is 3.09. The smallest absolute Gasteiger partial charge is 0.348 e. The Bertz CT molecular complexity index is 555. The molecule has 1 aromatic heterocycles. The fourth-order valence-electron chi connectivity index (χ4n) is 2.19. The molecule has 98 valence electrons. The number of nitrogens with two attached hydrogens (primary N) is 1. The Morgan fingerprint density at radius 1 is 1.28 bits per heavy atom. The number of fused-ring (bicyclic) bond motifs is 1. The normalized spacial score (nSPS) is 12.3. The quantitative estimate of drug-likeness (QED) is 0.898. The fourth-order valence-corrected chi connectivity index (χ4v) is 2.19. The van der Waals surface area contributed by atoms with E-state index in [2.05, 4.69) is 0 Å². The first-order valence-corrected chi connectivity index (χ1v) is 5.79. The molecule has 5 heteroatoms. The van der Waals surface area contributed by atoms with Gasteiger partial charge in [0, 0.05) is 23.6 Å². The van der Waals surface area contributed by atoms with Gasteiger partial charge in [0.25, 0.3) is 0 Å². The molecule has 2 rings (SSSR count). The molecule has 18 heavy (non-hydrogen) atoms. The van der Waals surface area contributed by atoms with Crippen molar-refractivity contribution in [2.75, 3.05) is 6.54 Å². The summed E-state index contributed by atoms with van der Waals surface area (Å²) in [7, 11) is 1.79. The Balaban J connectivity index is 2.57. The summed E-state index contributed by atoms with van der Waals surface area (Å²) >= 11 is 0. The lowest BCUT2D eigenvalue weighted by Gasteiger charge is -2.08. The number of aryl methyl sites for hydroxylation is 2. The summed E-state index contributed by atoms with van der Waals surface area (Å²) in [6.45, 7) is 0.535. The number of halogens is 3. The molecule has 0 amide bonds. The van der Waals surface area contributed by atoms with E-state index in [0.29, 0.717) is 18.5 Å². The van der Waals surface area contributed by atoms with E-state index in [-0.39, 0.29) is 5.39 Å². The highest BCUT2D eigenvalue weighted by molar-refractivity contribution is 5.85. The highest BCUT2D eigenvalue weighted by atomic mass is 19.4. The standard InChI is InChI=1S/C13H15F3N2/c1-18-9(4-3-7-17)8-10-11(13(14,15)16)5-2-6-12(10)18/h2,5-6,8H,3-4,7,17H2,1H3. The molecule has 0 radical (unpaired) electrons. The van der Waals surface area contributed by atoms with Gasteiger partial charge in [-0.15, -0.1) is 0 Å². The minimum atomic E-state index is -4.31. The summed E-state index contributed by atoms with van der Waals surface area (Å²) in [5, 5.41) is 0.263. The van der Waals surface area contributed by atoms with Crippen molar-refractivity contribution in [2.24, 2.45) is 12.8 Å². The zero-order valence-corrected chi connectivity index (χ0v) is 10.1. The van der Waals surface area contributed by atoms with Crippen LogP contribution in [0.3, 0.4) is 0 Å². The SMILES string of the molecule is Cn1c(CCCN)cc2c(C(F)(F)F)cccc21. The van der Waals surface area contributed by atoms with E-state index in [4.69, 9.17) is 5.73 Å². The second-order valence-electron chi connectivity index (χ2n) is 4.32. The van der Waals surface area contributed by atoms with E-state index in [9.17, 15) is 13.2 Å². The van der Waals surface area contributed by atoms with Crippen LogP contribution in [0.4, 0.5) is 13.2 Å². The number of alkyl halides is 3. The van der Waals surface area contributed by atoms with Gasteiger partial charge in [-0.05, 0) is 37.6 Å². The number of aromatic nitrogens is 1. The van der Waals surface area contributed by atoms with Gasteiger partial charge in [-0.2, -0.15) is 13.2 Å². The van der Waals surface area contributed by atoms with Gasteiger partial charge in [0.15, 0.2) is 0 Å². The molecule has 0 fully saturated rings. The van der Waals surface area contributed by atoms with Gasteiger partial charge in [-0.1, -0.05) is 6.07 Å². The first-order valence-electron chi connectivity index (χ1n) is 5.79. The molecule has 2 N–H and O–H groups in total. The molecule has 0 saturated carbocycles. The Morgan fingerprint density at radius 2 is 2.00 bits per heavy atom. The zero-order chi connectivity index (χ0) is 13.3. The highest BCUT2D eigenvalue weighted by Gasteiger charge is 2.33. The second kappa shape index (κ2) is 4.65. The Morgan fingerprint density at radius 3 is 2.61 bits per heavy atom. The molecule has 0 aliphatic rings. The van der Waals surface area contributed by atoms with Crippen LogP contribution in [0.15, 0.2) is 24.3 Å². The van der Waals surface area contributed by atoms with E-state index in [1.807, 2.05) is 0 Å². The molecule has 0 aliphatic heterocycles. The van der Waals surface area contributed by atoms with Gasteiger partial charge >= 0.3 is 6.18 Å². The molecule has 0 atom stereocenters. The Labute approximate surface area is 103 Å². The van der Waals surface area contributed by atoms with E-state index in [0.717, 1.165) is 18.2 Å². The lowest BCUT2D eigenvalue weighted by molar-refractivity contribution is -0.136. The summed E-state index contributed by atoms with van der Waals surface area (Å²) in [6.07, 6.45) is -2.85. The third kappa shape index (κ3) is 2.22. The number of nitrogens with zero attached hydrogens (tertiary/aromatic N) is 1. The largest absolute Gasteiger partial charge is 0.417 e. The molecule has 2 nitrogen and oxygen atoms in total. The molecule has 0 saturated heterocycles. The molecule has 2 aromatic rings. The number of rotatable bonds is 3. The summed E-state index contributed by atoms with van der Waals surface area (Å²) in [5.74, 6) is 0. The Kier molecular flexibility index (Phi) is 3.34. The highest BCUT2D eigenvalue weighted by Crippen LogP contribution is 2.35. The topological polar surface area (TPSA) is 30.9 Å². The van der Waals surface area contributed by atoms with Crippen molar-refractivity contribution in [1.82, 2.24) is 4.57 Å². The van der Waals surface area contributed by atoms with Crippen molar-refractivity contribution >= 4 is 10.9 Å². The van der Waals surface area contributed by atoms with Crippen molar-refractivity contribution in [3.05, 3.63) is 35.5 Å². The summed E-state index contributed by atoms with van der Waals surface area (Å²) in [5.41, 5.74) is 6.35. The van der Waals surface area contributed by atoms with Gasteiger partial charge in [-0.3, -0.25) is 0 Å². The van der Waals surface area contributed by atoms with E-state index < -0.39 is 11.7 Å². The average Bonchev–Trinajstić information content (AvgIpc) is 2.62. The fraction of sp³-hybridized carbons (Fsp3) is 0.385. The van der Waals surface area contributed by atoms with E-state index >= 15 is 0 Å². The molecule has 0 bridgehead atoms. The van der Waals surface area contributed by atoms with Crippen molar-refractivity contribution in [3.63, 3.8) is 0 Å². The van der Waals surface area contributed by atoms with Gasteiger partial charge in [0.2, 0.25) is 0 Å². The van der Waals surface area contributed by atoms with E-state index in [1.54, 1.807) is 23.7 Å². The van der Waals surface area contributed by atoms with Crippen molar-refractivity contribution < 1.29 is 13.2 Å². The van der Waals surface area contributed by atoms with Crippen molar-refractivity contribution in [1.29, 1.82) is 0 Å². The van der Waals surface area contributed by atoms with Crippen LogP contribution in [-0.2, 0) is 19.6 Å². The van der Waals surface area contributed by atoms with Crippen LogP contribution in [0, 0.1) is 0 Å². The molecular weight excluding hydrogens is 241 g/mol. The van der Waals surface area contributed by atoms with Crippen LogP contribution >= 0.6 is 0 Å². The van der Waals surface area contributed by atoms with Crippen LogP contribution in [0.5, 0.6) is 0 Å². The first-order chi connectivity index (χ1) is 8.45. The maximum absolute atomic E-state index is 12.9. The second-order valence-corrected chi connectivity index (χ2v) is 4.32. The lowest BCUT2D eigenvalue weighted by Crippen LogP contribution is -2.05. The minimum absolute atomic E-state index is 0.263. The molecule has 0 spiro atoms. The first kappa shape index (κ1) is 13.0. The minimum Gasteiger partial charge on any atom is -0.348 e. The molecule has 0 unspecified atom stereocenters.